The second kappa shape index (κ2) is 15.0. The average Bonchev–Trinajstić information content (AvgIpc) is 4.07. The first-order valence-corrected chi connectivity index (χ1v) is 21.8. The number of hydrogen-bond donors (Lipinski definition) is 3. The van der Waals surface area contributed by atoms with Gasteiger partial charge in [0.15, 0.2) is 0 Å². The summed E-state index contributed by atoms with van der Waals surface area (Å²) in [6.45, 7) is 4.96. The summed E-state index contributed by atoms with van der Waals surface area (Å²) in [6.07, 6.45) is 7.68. The van der Waals surface area contributed by atoms with Gasteiger partial charge in [0.2, 0.25) is 21.8 Å². The van der Waals surface area contributed by atoms with Crippen molar-refractivity contribution < 1.29 is 41.5 Å². The molecule has 15 heteroatoms. The Balaban J connectivity index is 1.17. The van der Waals surface area contributed by atoms with Crippen molar-refractivity contribution in [3.8, 4) is 17.0 Å². The SMILES string of the molecule is CC(C)OC(=O)N[C@H]1CCCCC/C=C\[C@H]2C[C@@]2(C(=O)NS(=O)(=O)C2(C)CC2)NC(=O)[C@@H]2C[C@]3(CCc4c(c(-c5cccc(F)c5)nc5ccccc45)O3)CN2C1=O. The van der Waals surface area contributed by atoms with Crippen LogP contribution in [0.2, 0.25) is 0 Å². The van der Waals surface area contributed by atoms with E-state index >= 15 is 0 Å². The molecule has 4 heterocycles. The number of aryl methyl sites for hydroxylation is 1. The van der Waals surface area contributed by atoms with Crippen LogP contribution in [0.3, 0.4) is 0 Å². The van der Waals surface area contributed by atoms with Gasteiger partial charge in [-0.05, 0) is 90.3 Å². The Morgan fingerprint density at radius 2 is 1.84 bits per heavy atom. The number of ether oxygens (including phenoxy) is 2. The Bertz CT molecular complexity index is 2310. The van der Waals surface area contributed by atoms with Crippen molar-refractivity contribution in [2.75, 3.05) is 6.54 Å². The molecule has 2 aromatic carbocycles. The summed E-state index contributed by atoms with van der Waals surface area (Å²) in [5, 5.41) is 6.56. The zero-order valence-electron chi connectivity index (χ0n) is 33.0. The van der Waals surface area contributed by atoms with Crippen molar-refractivity contribution in [2.45, 2.75) is 125 Å². The van der Waals surface area contributed by atoms with E-state index in [4.69, 9.17) is 14.5 Å². The number of para-hydroxylation sites is 1. The number of carbonyl (C=O) groups is 4. The lowest BCUT2D eigenvalue weighted by Gasteiger charge is -2.37. The van der Waals surface area contributed by atoms with Crippen LogP contribution in [0.25, 0.3) is 22.2 Å². The Morgan fingerprint density at radius 1 is 1.05 bits per heavy atom. The number of nitrogens with one attached hydrogen (secondary N) is 3. The first kappa shape index (κ1) is 39.8. The van der Waals surface area contributed by atoms with Crippen LogP contribution in [-0.4, -0.2) is 82.7 Å². The Morgan fingerprint density at radius 3 is 2.60 bits per heavy atom. The van der Waals surface area contributed by atoms with Crippen LogP contribution in [0, 0.1) is 11.7 Å². The van der Waals surface area contributed by atoms with Crippen molar-refractivity contribution in [1.29, 1.82) is 0 Å². The maximum absolute atomic E-state index is 14.8. The zero-order valence-corrected chi connectivity index (χ0v) is 33.8. The number of hydrogen-bond acceptors (Lipinski definition) is 9. The molecule has 8 rings (SSSR count). The van der Waals surface area contributed by atoms with Crippen LogP contribution in [0.1, 0.15) is 90.5 Å². The largest absolute Gasteiger partial charge is 0.483 e. The smallest absolute Gasteiger partial charge is 0.408 e. The number of benzene rings is 2. The molecule has 3 aromatic rings. The fourth-order valence-corrected chi connectivity index (χ4v) is 10.0. The molecule has 2 saturated carbocycles. The van der Waals surface area contributed by atoms with Crippen LogP contribution < -0.4 is 20.1 Å². The molecule has 3 N–H and O–H groups in total. The lowest BCUT2D eigenvalue weighted by Crippen LogP contribution is -2.58. The molecular formula is C43H50FN5O8S. The van der Waals surface area contributed by atoms with Gasteiger partial charge in [-0.25, -0.2) is 22.6 Å². The molecule has 0 bridgehead atoms. The fraction of sp³-hybridized carbons (Fsp3) is 0.512. The van der Waals surface area contributed by atoms with Gasteiger partial charge in [0.25, 0.3) is 5.91 Å². The Labute approximate surface area is 337 Å². The molecule has 58 heavy (non-hydrogen) atoms. The molecule has 2 aliphatic carbocycles. The van der Waals surface area contributed by atoms with Crippen LogP contribution in [0.4, 0.5) is 9.18 Å². The second-order valence-corrected chi connectivity index (χ2v) is 19.3. The Kier molecular flexibility index (Phi) is 10.3. The fourth-order valence-electron chi connectivity index (χ4n) is 8.70. The van der Waals surface area contributed by atoms with Gasteiger partial charge in [0.1, 0.15) is 40.5 Å². The van der Waals surface area contributed by atoms with Gasteiger partial charge in [-0.15, -0.1) is 0 Å². The predicted molar refractivity (Wildman–Crippen MR) is 213 cm³/mol. The summed E-state index contributed by atoms with van der Waals surface area (Å²) in [5.74, 6) is -2.42. The average molecular weight is 816 g/mol. The summed E-state index contributed by atoms with van der Waals surface area (Å²) >= 11 is 0. The molecule has 13 nitrogen and oxygen atoms in total. The van der Waals surface area contributed by atoms with Crippen molar-refractivity contribution in [2.24, 2.45) is 5.92 Å². The number of allylic oxidation sites excluding steroid dienone is 1. The van der Waals surface area contributed by atoms with Crippen molar-refractivity contribution >= 4 is 44.7 Å². The van der Waals surface area contributed by atoms with E-state index in [9.17, 15) is 32.0 Å². The van der Waals surface area contributed by atoms with Crippen LogP contribution >= 0.6 is 0 Å². The standard InChI is InChI=1S/C43H50FN5O8S/c1-26(2)56-40(53)46-33-17-8-6-4-5-7-13-28-23-43(28,39(52)48-58(54,55)41(3)20-21-41)47-37(50)34-24-42(25-49(34)38(33)51)19-18-31-30-15-9-10-16-32(30)45-35(36(31)57-42)27-12-11-14-29(44)22-27/h7,9-16,22,26,28,33-34H,4-6,8,17-21,23-25H2,1-3H3,(H,46,53)(H,47,50)(H,48,52)/b13-7-/t28-,33-,34-,42+,43+/m0/s1. The minimum atomic E-state index is -4.02. The summed E-state index contributed by atoms with van der Waals surface area (Å²) in [7, 11) is -4.02. The lowest BCUT2D eigenvalue weighted by molar-refractivity contribution is -0.141. The van der Waals surface area contributed by atoms with E-state index < -0.39 is 79.6 Å². The number of nitrogens with zero attached hydrogens (tertiary/aromatic N) is 2. The highest BCUT2D eigenvalue weighted by Gasteiger charge is 2.64. The number of halogens is 1. The summed E-state index contributed by atoms with van der Waals surface area (Å²) in [6, 6.07) is 11.5. The van der Waals surface area contributed by atoms with E-state index in [0.717, 1.165) is 23.8 Å². The molecule has 1 spiro atoms. The van der Waals surface area contributed by atoms with Crippen LogP contribution in [-0.2, 0) is 35.6 Å². The number of fused-ring (bicyclic) bond motifs is 5. The summed E-state index contributed by atoms with van der Waals surface area (Å²) in [4.78, 5) is 62.9. The molecule has 4 amide bonds. The van der Waals surface area contributed by atoms with E-state index in [0.29, 0.717) is 67.5 Å². The maximum atomic E-state index is 14.8. The minimum absolute atomic E-state index is 0.0250. The number of pyridine rings is 1. The third-order valence-corrected chi connectivity index (χ3v) is 14.6. The molecule has 3 fully saturated rings. The highest BCUT2D eigenvalue weighted by atomic mass is 32.2. The number of aromatic nitrogens is 1. The second-order valence-electron chi connectivity index (χ2n) is 17.1. The van der Waals surface area contributed by atoms with Crippen molar-refractivity contribution in [1.82, 2.24) is 25.2 Å². The summed E-state index contributed by atoms with van der Waals surface area (Å²) < 4.78 is 54.8. The molecule has 0 unspecified atom stereocenters. The highest BCUT2D eigenvalue weighted by Crippen LogP contribution is 2.50. The van der Waals surface area contributed by atoms with Gasteiger partial charge in [-0.1, -0.05) is 55.3 Å². The molecule has 0 radical (unpaired) electrons. The number of amides is 4. The van der Waals surface area contributed by atoms with Gasteiger partial charge in [-0.3, -0.25) is 19.1 Å². The van der Waals surface area contributed by atoms with Crippen LogP contribution in [0.15, 0.2) is 60.7 Å². The van der Waals surface area contributed by atoms with E-state index in [1.807, 2.05) is 36.4 Å². The van der Waals surface area contributed by atoms with E-state index in [1.54, 1.807) is 32.9 Å². The van der Waals surface area contributed by atoms with Crippen LogP contribution in [0.5, 0.6) is 5.75 Å². The molecule has 308 valence electrons. The monoisotopic (exact) mass is 815 g/mol. The molecule has 5 aliphatic rings. The minimum Gasteiger partial charge on any atom is -0.483 e. The topological polar surface area (TPSA) is 173 Å². The summed E-state index contributed by atoms with van der Waals surface area (Å²) in [5.41, 5.74) is -0.150. The first-order valence-electron chi connectivity index (χ1n) is 20.3. The van der Waals surface area contributed by atoms with E-state index in [1.165, 1.54) is 17.0 Å². The lowest BCUT2D eigenvalue weighted by atomic mass is 9.86. The molecule has 3 aliphatic heterocycles. The van der Waals surface area contributed by atoms with Gasteiger partial charge in [0, 0.05) is 28.9 Å². The van der Waals surface area contributed by atoms with Crippen molar-refractivity contribution in [3.05, 3.63) is 72.1 Å². The number of sulfonamides is 1. The zero-order chi connectivity index (χ0) is 41.0. The molecule has 5 atom stereocenters. The van der Waals surface area contributed by atoms with Crippen molar-refractivity contribution in [3.63, 3.8) is 0 Å². The van der Waals surface area contributed by atoms with Gasteiger partial charge >= 0.3 is 6.09 Å². The molecule has 1 saturated heterocycles. The van der Waals surface area contributed by atoms with Gasteiger partial charge in [-0.2, -0.15) is 0 Å². The molecule has 1 aromatic heterocycles. The number of carbonyl (C=O) groups excluding carboxylic acids is 4. The quantitative estimate of drug-likeness (QED) is 0.268. The number of alkyl carbamates (subject to hydrolysis) is 1. The molecular weight excluding hydrogens is 766 g/mol. The highest BCUT2D eigenvalue weighted by molar-refractivity contribution is 7.91. The van der Waals surface area contributed by atoms with Gasteiger partial charge in [0.05, 0.1) is 22.9 Å². The third-order valence-electron chi connectivity index (χ3n) is 12.4. The first-order chi connectivity index (χ1) is 27.6. The number of rotatable bonds is 6. The third kappa shape index (κ3) is 7.53. The normalized spacial score (nSPS) is 28.5. The van der Waals surface area contributed by atoms with E-state index in [-0.39, 0.29) is 19.4 Å². The van der Waals surface area contributed by atoms with E-state index in [2.05, 4.69) is 15.4 Å². The predicted octanol–water partition coefficient (Wildman–Crippen LogP) is 5.60. The van der Waals surface area contributed by atoms with Gasteiger partial charge < -0.3 is 25.0 Å². The maximum Gasteiger partial charge on any atom is 0.408 e. The Hall–Kier alpha value is -5.05.